The van der Waals surface area contributed by atoms with Gasteiger partial charge in [-0.25, -0.2) is 9.37 Å². The molecule has 0 aliphatic carbocycles. The monoisotopic (exact) mass is 263 g/mol. The molecule has 0 bridgehead atoms. The van der Waals surface area contributed by atoms with Crippen LogP contribution in [0.25, 0.3) is 11.0 Å². The number of carboxylic acid groups (broad SMARTS) is 1. The Balaban J connectivity index is 2.36. The van der Waals surface area contributed by atoms with Gasteiger partial charge in [0.05, 0.1) is 23.3 Å². The van der Waals surface area contributed by atoms with Crippen molar-refractivity contribution in [3.8, 4) is 0 Å². The fraction of sp³-hybridized carbons (Fsp3) is 0.308. The highest BCUT2D eigenvalue weighted by Crippen LogP contribution is 2.23. The van der Waals surface area contributed by atoms with Gasteiger partial charge in [0.1, 0.15) is 11.3 Å². The molecule has 0 spiro atoms. The van der Waals surface area contributed by atoms with Gasteiger partial charge < -0.3 is 10.0 Å². The molecule has 1 N–H and O–H groups in total. The van der Waals surface area contributed by atoms with Crippen LogP contribution in [0.15, 0.2) is 24.5 Å². The van der Waals surface area contributed by atoms with Crippen molar-refractivity contribution in [2.24, 2.45) is 5.92 Å². The maximum absolute atomic E-state index is 13.1. The standard InChI is InChI=1S/C13H14FN3O2/c1-8(13(18)19)7-17(2)11-3-4-15-10-5-9(14)6-16-12(10)11/h3-6,8H,7H2,1-2H3,(H,18,19). The minimum atomic E-state index is -0.857. The molecular formula is C13H14FN3O2. The average Bonchev–Trinajstić information content (AvgIpc) is 2.37. The van der Waals surface area contributed by atoms with Gasteiger partial charge in [-0.05, 0) is 6.07 Å². The Bertz CT molecular complexity index is 618. The molecule has 5 nitrogen and oxygen atoms in total. The normalized spacial score (nSPS) is 12.4. The number of aromatic nitrogens is 2. The number of aliphatic carboxylic acids is 1. The number of fused-ring (bicyclic) bond motifs is 1. The second kappa shape index (κ2) is 5.17. The third-order valence-corrected chi connectivity index (χ3v) is 2.90. The molecule has 0 saturated heterocycles. The molecule has 0 aliphatic rings. The van der Waals surface area contributed by atoms with Crippen LogP contribution in [0.5, 0.6) is 0 Å². The number of hydrogen-bond donors (Lipinski definition) is 1. The zero-order chi connectivity index (χ0) is 14.0. The van der Waals surface area contributed by atoms with Crippen molar-refractivity contribution in [3.05, 3.63) is 30.3 Å². The third-order valence-electron chi connectivity index (χ3n) is 2.90. The highest BCUT2D eigenvalue weighted by molar-refractivity contribution is 5.87. The lowest BCUT2D eigenvalue weighted by Gasteiger charge is -2.22. The first-order chi connectivity index (χ1) is 8.99. The number of pyridine rings is 2. The van der Waals surface area contributed by atoms with Gasteiger partial charge >= 0.3 is 5.97 Å². The molecule has 2 heterocycles. The molecule has 0 fully saturated rings. The maximum Gasteiger partial charge on any atom is 0.308 e. The lowest BCUT2D eigenvalue weighted by atomic mass is 10.1. The zero-order valence-corrected chi connectivity index (χ0v) is 10.7. The molecule has 0 saturated carbocycles. The third kappa shape index (κ3) is 2.78. The fourth-order valence-corrected chi connectivity index (χ4v) is 1.89. The minimum Gasteiger partial charge on any atom is -0.481 e. The van der Waals surface area contributed by atoms with Gasteiger partial charge in [-0.2, -0.15) is 0 Å². The van der Waals surface area contributed by atoms with E-state index in [0.717, 1.165) is 11.9 Å². The first-order valence-electron chi connectivity index (χ1n) is 5.83. The predicted molar refractivity (Wildman–Crippen MR) is 69.6 cm³/mol. The van der Waals surface area contributed by atoms with Gasteiger partial charge in [0.2, 0.25) is 0 Å². The summed E-state index contributed by atoms with van der Waals surface area (Å²) < 4.78 is 13.1. The molecule has 1 unspecified atom stereocenters. The lowest BCUT2D eigenvalue weighted by Crippen LogP contribution is -2.28. The van der Waals surface area contributed by atoms with Crippen LogP contribution in [0.3, 0.4) is 0 Å². The summed E-state index contributed by atoms with van der Waals surface area (Å²) in [5.41, 5.74) is 1.74. The molecule has 0 amide bonds. The molecule has 19 heavy (non-hydrogen) atoms. The van der Waals surface area contributed by atoms with Gasteiger partial charge in [0.15, 0.2) is 0 Å². The summed E-state index contributed by atoms with van der Waals surface area (Å²) in [7, 11) is 1.78. The van der Waals surface area contributed by atoms with E-state index < -0.39 is 17.7 Å². The second-order valence-electron chi connectivity index (χ2n) is 4.47. The van der Waals surface area contributed by atoms with E-state index in [1.807, 2.05) is 0 Å². The minimum absolute atomic E-state index is 0.341. The molecule has 0 aliphatic heterocycles. The smallest absolute Gasteiger partial charge is 0.308 e. The molecule has 2 aromatic heterocycles. The Hall–Kier alpha value is -2.24. The van der Waals surface area contributed by atoms with Gasteiger partial charge in [0.25, 0.3) is 0 Å². The first kappa shape index (κ1) is 13.2. The molecular weight excluding hydrogens is 249 g/mol. The molecule has 2 aromatic rings. The van der Waals surface area contributed by atoms with Crippen LogP contribution in [-0.2, 0) is 4.79 Å². The van der Waals surface area contributed by atoms with Crippen molar-refractivity contribution >= 4 is 22.7 Å². The Morgan fingerprint density at radius 1 is 1.53 bits per heavy atom. The van der Waals surface area contributed by atoms with Gasteiger partial charge in [-0.3, -0.25) is 9.78 Å². The number of nitrogens with zero attached hydrogens (tertiary/aromatic N) is 3. The van der Waals surface area contributed by atoms with Crippen molar-refractivity contribution < 1.29 is 14.3 Å². The maximum atomic E-state index is 13.1. The largest absolute Gasteiger partial charge is 0.481 e. The summed E-state index contributed by atoms with van der Waals surface area (Å²) in [5.74, 6) is -1.81. The molecule has 2 rings (SSSR count). The summed E-state index contributed by atoms with van der Waals surface area (Å²) in [6, 6.07) is 3.04. The van der Waals surface area contributed by atoms with Crippen LogP contribution < -0.4 is 4.90 Å². The summed E-state index contributed by atoms with van der Waals surface area (Å²) in [6.45, 7) is 1.98. The van der Waals surface area contributed by atoms with Crippen LogP contribution in [0.2, 0.25) is 0 Å². The van der Waals surface area contributed by atoms with Crippen LogP contribution in [0.1, 0.15) is 6.92 Å². The molecule has 0 aromatic carbocycles. The van der Waals surface area contributed by atoms with E-state index in [1.54, 1.807) is 31.1 Å². The number of anilines is 1. The molecule has 0 radical (unpaired) electrons. The molecule has 1 atom stereocenters. The number of carbonyl (C=O) groups is 1. The Morgan fingerprint density at radius 2 is 2.26 bits per heavy atom. The van der Waals surface area contributed by atoms with E-state index in [2.05, 4.69) is 9.97 Å². The summed E-state index contributed by atoms with van der Waals surface area (Å²) in [6.07, 6.45) is 2.68. The van der Waals surface area contributed by atoms with E-state index in [4.69, 9.17) is 5.11 Å². The summed E-state index contributed by atoms with van der Waals surface area (Å²) in [4.78, 5) is 20.7. The van der Waals surface area contributed by atoms with Gasteiger partial charge in [-0.1, -0.05) is 6.92 Å². The van der Waals surface area contributed by atoms with E-state index >= 15 is 0 Å². The van der Waals surface area contributed by atoms with E-state index in [0.29, 0.717) is 17.6 Å². The van der Waals surface area contributed by atoms with Crippen molar-refractivity contribution in [1.82, 2.24) is 9.97 Å². The van der Waals surface area contributed by atoms with Crippen LogP contribution >= 0.6 is 0 Å². The summed E-state index contributed by atoms with van der Waals surface area (Å²) >= 11 is 0. The number of rotatable bonds is 4. The first-order valence-corrected chi connectivity index (χ1v) is 5.83. The van der Waals surface area contributed by atoms with Crippen LogP contribution in [-0.4, -0.2) is 34.6 Å². The van der Waals surface area contributed by atoms with Gasteiger partial charge in [0, 0.05) is 25.9 Å². The van der Waals surface area contributed by atoms with Crippen molar-refractivity contribution in [2.75, 3.05) is 18.5 Å². The average molecular weight is 263 g/mol. The Labute approximate surface area is 109 Å². The van der Waals surface area contributed by atoms with Crippen LogP contribution in [0, 0.1) is 11.7 Å². The van der Waals surface area contributed by atoms with E-state index in [9.17, 15) is 9.18 Å². The van der Waals surface area contributed by atoms with E-state index in [-0.39, 0.29) is 0 Å². The Kier molecular flexibility index (Phi) is 3.59. The Morgan fingerprint density at radius 3 is 2.95 bits per heavy atom. The zero-order valence-electron chi connectivity index (χ0n) is 10.7. The fourth-order valence-electron chi connectivity index (χ4n) is 1.89. The molecule has 6 heteroatoms. The highest BCUT2D eigenvalue weighted by Gasteiger charge is 2.16. The second-order valence-corrected chi connectivity index (χ2v) is 4.47. The highest BCUT2D eigenvalue weighted by atomic mass is 19.1. The lowest BCUT2D eigenvalue weighted by molar-refractivity contribution is -0.140. The topological polar surface area (TPSA) is 66.3 Å². The van der Waals surface area contributed by atoms with Crippen molar-refractivity contribution in [1.29, 1.82) is 0 Å². The number of carboxylic acids is 1. The van der Waals surface area contributed by atoms with Gasteiger partial charge in [-0.15, -0.1) is 0 Å². The van der Waals surface area contributed by atoms with Crippen LogP contribution in [0.4, 0.5) is 10.1 Å². The van der Waals surface area contributed by atoms with E-state index in [1.165, 1.54) is 6.07 Å². The molecule has 100 valence electrons. The predicted octanol–water partition coefficient (Wildman–Crippen LogP) is 1.93. The quantitative estimate of drug-likeness (QED) is 0.913. The number of hydrogen-bond acceptors (Lipinski definition) is 4. The summed E-state index contributed by atoms with van der Waals surface area (Å²) in [5, 5.41) is 8.92. The number of halogens is 1. The van der Waals surface area contributed by atoms with Crippen molar-refractivity contribution in [3.63, 3.8) is 0 Å². The van der Waals surface area contributed by atoms with Crippen molar-refractivity contribution in [2.45, 2.75) is 6.92 Å². The SMILES string of the molecule is CC(CN(C)c1ccnc2cc(F)cnc12)C(=O)O.